The molecule has 92 valence electrons. The second-order valence-corrected chi connectivity index (χ2v) is 3.00. The van der Waals surface area contributed by atoms with E-state index >= 15 is 0 Å². The molecule has 0 radical (unpaired) electrons. The molecule has 0 amide bonds. The van der Waals surface area contributed by atoms with Gasteiger partial charge in [0, 0.05) is 27.3 Å². The van der Waals surface area contributed by atoms with Crippen molar-refractivity contribution in [2.45, 2.75) is 30.5 Å². The molecule has 5 unspecified atom stereocenters. The fourth-order valence-electron chi connectivity index (χ4n) is 0.870. The van der Waals surface area contributed by atoms with Gasteiger partial charge in [0.2, 0.25) is 0 Å². The predicted molar refractivity (Wildman–Crippen MR) is 44.8 cm³/mol. The normalized spacial score (nSPS) is 20.1. The van der Waals surface area contributed by atoms with Crippen molar-refractivity contribution >= 4 is 5.97 Å². The molecule has 0 saturated heterocycles. The molecule has 0 aliphatic rings. The molecule has 0 aromatic heterocycles. The van der Waals surface area contributed by atoms with Crippen molar-refractivity contribution in [2.24, 2.45) is 0 Å². The zero-order chi connectivity index (χ0) is 12.2. The Morgan fingerprint density at radius 3 is 1.69 bits per heavy atom. The third kappa shape index (κ3) is 4.99. The summed E-state index contributed by atoms with van der Waals surface area (Å²) in [6.07, 6.45) is -10.2. The summed E-state index contributed by atoms with van der Waals surface area (Å²) in [5.41, 5.74) is 0. The summed E-state index contributed by atoms with van der Waals surface area (Å²) >= 11 is 0. The summed E-state index contributed by atoms with van der Waals surface area (Å²) in [6.45, 7) is -0.881. The van der Waals surface area contributed by atoms with E-state index in [1.165, 1.54) is 0 Å². The van der Waals surface area contributed by atoms with Crippen LogP contribution in [0.2, 0.25) is 0 Å². The standard InChI is InChI=1S/C7H14O8.Cd/c8-1-2(9)3(10)4(11)5(12)6(13)7(14)15;/h2-6,8-13H,1H2,(H,14,15);. The van der Waals surface area contributed by atoms with Crippen molar-refractivity contribution in [2.75, 3.05) is 6.61 Å². The second-order valence-electron chi connectivity index (χ2n) is 3.00. The SMILES string of the molecule is O=C(O)C(O)C(O)C(O)C(O)C(O)CO.[Cd]. The van der Waals surface area contributed by atoms with Crippen molar-refractivity contribution in [3.63, 3.8) is 0 Å². The van der Waals surface area contributed by atoms with Crippen LogP contribution < -0.4 is 0 Å². The minimum absolute atomic E-state index is 0. The number of aliphatic carboxylic acids is 1. The van der Waals surface area contributed by atoms with Crippen molar-refractivity contribution in [3.8, 4) is 0 Å². The van der Waals surface area contributed by atoms with E-state index in [1.54, 1.807) is 0 Å². The molecule has 0 aromatic rings. The van der Waals surface area contributed by atoms with Crippen LogP contribution in [-0.2, 0) is 32.1 Å². The van der Waals surface area contributed by atoms with Gasteiger partial charge in [0.15, 0.2) is 6.10 Å². The van der Waals surface area contributed by atoms with Crippen LogP contribution in [0.15, 0.2) is 0 Å². The van der Waals surface area contributed by atoms with Crippen molar-refractivity contribution in [1.82, 2.24) is 0 Å². The fraction of sp³-hybridized carbons (Fsp3) is 0.857. The molecule has 8 nitrogen and oxygen atoms in total. The first-order chi connectivity index (χ1) is 6.82. The Balaban J connectivity index is 0. The quantitative estimate of drug-likeness (QED) is 0.240. The number of carboxylic acids is 1. The van der Waals surface area contributed by atoms with Gasteiger partial charge < -0.3 is 35.7 Å². The van der Waals surface area contributed by atoms with E-state index in [9.17, 15) is 4.79 Å². The molecule has 0 saturated carbocycles. The van der Waals surface area contributed by atoms with E-state index in [2.05, 4.69) is 0 Å². The Morgan fingerprint density at radius 1 is 0.938 bits per heavy atom. The third-order valence-corrected chi connectivity index (χ3v) is 1.86. The van der Waals surface area contributed by atoms with Gasteiger partial charge in [-0.05, 0) is 0 Å². The molecule has 0 aliphatic carbocycles. The van der Waals surface area contributed by atoms with Gasteiger partial charge in [-0.25, -0.2) is 4.79 Å². The minimum atomic E-state index is -2.29. The zero-order valence-corrected chi connectivity index (χ0v) is 12.4. The van der Waals surface area contributed by atoms with Gasteiger partial charge in [-0.2, -0.15) is 0 Å². The van der Waals surface area contributed by atoms with Crippen LogP contribution >= 0.6 is 0 Å². The summed E-state index contributed by atoms with van der Waals surface area (Å²) in [5, 5.41) is 61.5. The number of carboxylic acid groups (broad SMARTS) is 1. The Bertz CT molecular complexity index is 213. The van der Waals surface area contributed by atoms with Gasteiger partial charge in [0.1, 0.15) is 24.4 Å². The average Bonchev–Trinajstić information content (AvgIpc) is 2.23. The maximum Gasteiger partial charge on any atom is 0.335 e. The Morgan fingerprint density at radius 2 is 1.38 bits per heavy atom. The maximum absolute atomic E-state index is 10.2. The molecule has 0 heterocycles. The number of hydrogen-bond donors (Lipinski definition) is 7. The molecule has 16 heavy (non-hydrogen) atoms. The number of hydrogen-bond acceptors (Lipinski definition) is 7. The molecular weight excluding hydrogens is 324 g/mol. The van der Waals surface area contributed by atoms with Gasteiger partial charge in [-0.15, -0.1) is 0 Å². The second kappa shape index (κ2) is 8.27. The Hall–Kier alpha value is 0.152. The molecule has 5 atom stereocenters. The first kappa shape index (κ1) is 18.5. The predicted octanol–water partition coefficient (Wildman–Crippen LogP) is -4.13. The van der Waals surface area contributed by atoms with Crippen LogP contribution in [0.3, 0.4) is 0 Å². The monoisotopic (exact) mass is 340 g/mol. The molecule has 0 bridgehead atoms. The summed E-state index contributed by atoms with van der Waals surface area (Å²) in [6, 6.07) is 0. The van der Waals surface area contributed by atoms with Crippen LogP contribution in [0.4, 0.5) is 0 Å². The van der Waals surface area contributed by atoms with Crippen LogP contribution in [-0.4, -0.2) is 78.8 Å². The van der Waals surface area contributed by atoms with Crippen LogP contribution in [0.25, 0.3) is 0 Å². The topological polar surface area (TPSA) is 159 Å². The molecular formula is C7H14CdO8. The summed E-state index contributed by atoms with van der Waals surface area (Å²) in [7, 11) is 0. The fourth-order valence-corrected chi connectivity index (χ4v) is 0.870. The summed E-state index contributed by atoms with van der Waals surface area (Å²) in [4.78, 5) is 10.2. The van der Waals surface area contributed by atoms with E-state index in [0.717, 1.165) is 0 Å². The number of rotatable bonds is 6. The van der Waals surface area contributed by atoms with Crippen LogP contribution in [0.1, 0.15) is 0 Å². The third-order valence-electron chi connectivity index (χ3n) is 1.86. The molecule has 0 spiro atoms. The van der Waals surface area contributed by atoms with Gasteiger partial charge in [-0.3, -0.25) is 0 Å². The molecule has 0 aromatic carbocycles. The molecule has 7 N–H and O–H groups in total. The summed E-state index contributed by atoms with van der Waals surface area (Å²) < 4.78 is 0. The van der Waals surface area contributed by atoms with E-state index in [-0.39, 0.29) is 27.3 Å². The zero-order valence-electron chi connectivity index (χ0n) is 8.34. The van der Waals surface area contributed by atoms with Gasteiger partial charge in [-0.1, -0.05) is 0 Å². The van der Waals surface area contributed by atoms with Gasteiger partial charge in [0.05, 0.1) is 6.61 Å². The van der Waals surface area contributed by atoms with Crippen molar-refractivity contribution in [1.29, 1.82) is 0 Å². The number of aliphatic hydroxyl groups is 6. The molecule has 0 aliphatic heterocycles. The minimum Gasteiger partial charge on any atom is -0.479 e. The Kier molecular flexibility index (Phi) is 9.57. The van der Waals surface area contributed by atoms with E-state index in [0.29, 0.717) is 0 Å². The Labute approximate surface area is 111 Å². The average molecular weight is 339 g/mol. The largest absolute Gasteiger partial charge is 0.479 e. The number of aliphatic hydroxyl groups excluding tert-OH is 6. The first-order valence-corrected chi connectivity index (χ1v) is 4.07. The van der Waals surface area contributed by atoms with Crippen molar-refractivity contribution < 1.29 is 67.8 Å². The van der Waals surface area contributed by atoms with Gasteiger partial charge >= 0.3 is 5.97 Å². The number of carbonyl (C=O) groups is 1. The first-order valence-electron chi connectivity index (χ1n) is 4.07. The van der Waals surface area contributed by atoms with E-state index in [1.807, 2.05) is 0 Å². The van der Waals surface area contributed by atoms with E-state index in [4.69, 9.17) is 35.7 Å². The van der Waals surface area contributed by atoms with E-state index < -0.39 is 43.1 Å². The smallest absolute Gasteiger partial charge is 0.335 e. The van der Waals surface area contributed by atoms with Crippen LogP contribution in [0.5, 0.6) is 0 Å². The molecule has 9 heteroatoms. The maximum atomic E-state index is 10.2. The van der Waals surface area contributed by atoms with Crippen molar-refractivity contribution in [3.05, 3.63) is 0 Å². The van der Waals surface area contributed by atoms with Gasteiger partial charge in [0.25, 0.3) is 0 Å². The molecule has 0 rings (SSSR count). The van der Waals surface area contributed by atoms with Crippen LogP contribution in [0, 0.1) is 0 Å². The summed E-state index contributed by atoms with van der Waals surface area (Å²) in [5.74, 6) is -1.78. The molecule has 0 fully saturated rings.